The molecular weight excluding hydrogens is 305 g/mol. The Morgan fingerprint density at radius 2 is 2.32 bits per heavy atom. The fourth-order valence-corrected chi connectivity index (χ4v) is 3.60. The fourth-order valence-electron chi connectivity index (χ4n) is 2.54. The molecule has 1 fully saturated rings. The standard InChI is InChI=1S/C16H22FNO3S/c1-3-7-18-16(20)21-13-5-4-12(15(17)10(13)2)11-6-8-22-14(19)9-11/h4-5,11,14,19H,3,6-9H2,1-2H3,(H,18,20)/t11-,14-/m1/s1. The SMILES string of the molecule is CCCNC(=O)Oc1ccc([C@@H]2CCS[C@@H](O)C2)c(F)c1C. The third kappa shape index (κ3) is 4.14. The molecule has 0 spiro atoms. The first-order valence-corrected chi connectivity index (χ1v) is 8.62. The molecule has 4 nitrogen and oxygen atoms in total. The first kappa shape index (κ1) is 17.1. The highest BCUT2D eigenvalue weighted by atomic mass is 32.2. The molecule has 0 aromatic heterocycles. The van der Waals surface area contributed by atoms with Gasteiger partial charge in [0, 0.05) is 12.1 Å². The molecule has 0 bridgehead atoms. The smallest absolute Gasteiger partial charge is 0.410 e. The number of carbonyl (C=O) groups is 1. The van der Waals surface area contributed by atoms with E-state index in [1.165, 1.54) is 11.8 Å². The minimum Gasteiger partial charge on any atom is -0.410 e. The average molecular weight is 327 g/mol. The summed E-state index contributed by atoms with van der Waals surface area (Å²) in [5, 5.41) is 12.3. The van der Waals surface area contributed by atoms with Crippen molar-refractivity contribution in [2.75, 3.05) is 12.3 Å². The normalized spacial score (nSPS) is 21.5. The van der Waals surface area contributed by atoms with E-state index >= 15 is 0 Å². The number of amides is 1. The van der Waals surface area contributed by atoms with Crippen LogP contribution in [-0.2, 0) is 0 Å². The summed E-state index contributed by atoms with van der Waals surface area (Å²) in [5.41, 5.74) is 0.490. The van der Waals surface area contributed by atoms with E-state index in [1.54, 1.807) is 19.1 Å². The lowest BCUT2D eigenvalue weighted by molar-refractivity contribution is 0.200. The van der Waals surface area contributed by atoms with Gasteiger partial charge in [-0.2, -0.15) is 0 Å². The zero-order chi connectivity index (χ0) is 16.1. The summed E-state index contributed by atoms with van der Waals surface area (Å²) in [5.74, 6) is 0.727. The molecule has 1 aromatic carbocycles. The first-order chi connectivity index (χ1) is 10.5. The number of rotatable bonds is 4. The van der Waals surface area contributed by atoms with Crippen LogP contribution in [0.3, 0.4) is 0 Å². The van der Waals surface area contributed by atoms with Crippen molar-refractivity contribution in [1.82, 2.24) is 5.32 Å². The summed E-state index contributed by atoms with van der Waals surface area (Å²) in [4.78, 5) is 11.6. The molecule has 1 aliphatic heterocycles. The second kappa shape index (κ2) is 7.83. The van der Waals surface area contributed by atoms with Gasteiger partial charge in [-0.3, -0.25) is 0 Å². The highest BCUT2D eigenvalue weighted by Gasteiger charge is 2.26. The van der Waals surface area contributed by atoms with Gasteiger partial charge in [-0.05, 0) is 49.5 Å². The van der Waals surface area contributed by atoms with Crippen molar-refractivity contribution in [2.45, 2.75) is 44.5 Å². The molecule has 1 aromatic rings. The first-order valence-electron chi connectivity index (χ1n) is 7.57. The van der Waals surface area contributed by atoms with Gasteiger partial charge in [0.15, 0.2) is 0 Å². The van der Waals surface area contributed by atoms with Gasteiger partial charge in [0.05, 0.1) is 5.44 Å². The number of ether oxygens (including phenoxy) is 1. The second-order valence-electron chi connectivity index (χ2n) is 5.45. The monoisotopic (exact) mass is 327 g/mol. The van der Waals surface area contributed by atoms with Crippen LogP contribution in [0.5, 0.6) is 5.75 Å². The molecular formula is C16H22FNO3S. The number of nitrogens with one attached hydrogen (secondary N) is 1. The van der Waals surface area contributed by atoms with E-state index in [-0.39, 0.29) is 17.5 Å². The van der Waals surface area contributed by atoms with Crippen molar-refractivity contribution in [3.63, 3.8) is 0 Å². The summed E-state index contributed by atoms with van der Waals surface area (Å²) >= 11 is 1.50. The minimum absolute atomic E-state index is 0.0120. The highest BCUT2D eigenvalue weighted by Crippen LogP contribution is 2.38. The molecule has 2 rings (SSSR count). The van der Waals surface area contributed by atoms with Crippen molar-refractivity contribution in [3.8, 4) is 5.75 Å². The molecule has 2 atom stereocenters. The predicted octanol–water partition coefficient (Wildman–Crippen LogP) is 3.56. The Hall–Kier alpha value is -1.27. The number of halogens is 1. The molecule has 0 unspecified atom stereocenters. The molecule has 1 amide bonds. The van der Waals surface area contributed by atoms with E-state index in [0.29, 0.717) is 24.1 Å². The van der Waals surface area contributed by atoms with E-state index in [0.717, 1.165) is 18.6 Å². The van der Waals surface area contributed by atoms with E-state index in [9.17, 15) is 14.3 Å². The van der Waals surface area contributed by atoms with Gasteiger partial charge in [0.1, 0.15) is 11.6 Å². The summed E-state index contributed by atoms with van der Waals surface area (Å²) < 4.78 is 19.7. The molecule has 22 heavy (non-hydrogen) atoms. The van der Waals surface area contributed by atoms with E-state index < -0.39 is 11.5 Å². The van der Waals surface area contributed by atoms with Gasteiger partial charge in [-0.1, -0.05) is 13.0 Å². The summed E-state index contributed by atoms with van der Waals surface area (Å²) in [6.45, 7) is 4.07. The van der Waals surface area contributed by atoms with Crippen LogP contribution in [0.1, 0.15) is 43.2 Å². The summed E-state index contributed by atoms with van der Waals surface area (Å²) in [7, 11) is 0. The molecule has 0 aliphatic carbocycles. The number of carbonyl (C=O) groups excluding carboxylic acids is 1. The zero-order valence-electron chi connectivity index (χ0n) is 12.9. The van der Waals surface area contributed by atoms with Crippen molar-refractivity contribution in [2.24, 2.45) is 0 Å². The van der Waals surface area contributed by atoms with Crippen molar-refractivity contribution >= 4 is 17.9 Å². The van der Waals surface area contributed by atoms with Crippen LogP contribution >= 0.6 is 11.8 Å². The average Bonchev–Trinajstić information content (AvgIpc) is 2.50. The summed E-state index contributed by atoms with van der Waals surface area (Å²) in [6.07, 6.45) is 1.64. The van der Waals surface area contributed by atoms with Crippen LogP contribution in [0, 0.1) is 12.7 Å². The molecule has 1 heterocycles. The number of aliphatic hydroxyl groups is 1. The quantitative estimate of drug-likeness (QED) is 0.888. The van der Waals surface area contributed by atoms with Crippen LogP contribution in [-0.4, -0.2) is 28.9 Å². The Balaban J connectivity index is 2.12. The van der Waals surface area contributed by atoms with Crippen molar-refractivity contribution in [1.29, 1.82) is 0 Å². The maximum atomic E-state index is 14.6. The molecule has 0 radical (unpaired) electrons. The Morgan fingerprint density at radius 3 is 3.00 bits per heavy atom. The number of aliphatic hydroxyl groups excluding tert-OH is 1. The van der Waals surface area contributed by atoms with E-state index in [4.69, 9.17) is 4.74 Å². The molecule has 1 saturated heterocycles. The number of hydrogen-bond donors (Lipinski definition) is 2. The van der Waals surface area contributed by atoms with Crippen LogP contribution in [0.4, 0.5) is 9.18 Å². The van der Waals surface area contributed by atoms with Crippen LogP contribution in [0.15, 0.2) is 12.1 Å². The third-order valence-electron chi connectivity index (χ3n) is 3.79. The van der Waals surface area contributed by atoms with E-state index in [2.05, 4.69) is 5.32 Å². The topological polar surface area (TPSA) is 58.6 Å². The Bertz CT molecular complexity index is 538. The highest BCUT2D eigenvalue weighted by molar-refractivity contribution is 7.99. The van der Waals surface area contributed by atoms with E-state index in [1.807, 2.05) is 6.92 Å². The largest absolute Gasteiger partial charge is 0.412 e. The molecule has 6 heteroatoms. The predicted molar refractivity (Wildman–Crippen MR) is 85.9 cm³/mol. The fraction of sp³-hybridized carbons (Fsp3) is 0.562. The van der Waals surface area contributed by atoms with Gasteiger partial charge in [0.25, 0.3) is 0 Å². The Morgan fingerprint density at radius 1 is 1.55 bits per heavy atom. The minimum atomic E-state index is -0.568. The van der Waals surface area contributed by atoms with Crippen molar-refractivity contribution in [3.05, 3.63) is 29.1 Å². The lowest BCUT2D eigenvalue weighted by Gasteiger charge is -2.26. The van der Waals surface area contributed by atoms with Crippen molar-refractivity contribution < 1.29 is 19.0 Å². The molecule has 122 valence electrons. The molecule has 0 saturated carbocycles. The zero-order valence-corrected chi connectivity index (χ0v) is 13.7. The Kier molecular flexibility index (Phi) is 6.08. The molecule has 2 N–H and O–H groups in total. The number of hydrogen-bond acceptors (Lipinski definition) is 4. The maximum absolute atomic E-state index is 14.6. The van der Waals surface area contributed by atoms with Gasteiger partial charge in [-0.15, -0.1) is 11.8 Å². The maximum Gasteiger partial charge on any atom is 0.412 e. The Labute approximate surface area is 134 Å². The molecule has 1 aliphatic rings. The lowest BCUT2D eigenvalue weighted by Crippen LogP contribution is -2.27. The second-order valence-corrected chi connectivity index (χ2v) is 6.74. The van der Waals surface area contributed by atoms with Gasteiger partial charge in [-0.25, -0.2) is 9.18 Å². The lowest BCUT2D eigenvalue weighted by atomic mass is 9.91. The van der Waals surface area contributed by atoms with Crippen LogP contribution in [0.25, 0.3) is 0 Å². The third-order valence-corrected chi connectivity index (χ3v) is 4.84. The van der Waals surface area contributed by atoms with Gasteiger partial charge >= 0.3 is 6.09 Å². The number of benzene rings is 1. The van der Waals surface area contributed by atoms with Crippen LogP contribution in [0.2, 0.25) is 0 Å². The van der Waals surface area contributed by atoms with Gasteiger partial charge < -0.3 is 15.2 Å². The van der Waals surface area contributed by atoms with Gasteiger partial charge in [0.2, 0.25) is 0 Å². The number of thioether (sulfide) groups is 1. The summed E-state index contributed by atoms with van der Waals surface area (Å²) in [6, 6.07) is 3.30. The van der Waals surface area contributed by atoms with Crippen LogP contribution < -0.4 is 10.1 Å².